The van der Waals surface area contributed by atoms with E-state index < -0.39 is 0 Å². The predicted octanol–water partition coefficient (Wildman–Crippen LogP) is 4.59. The molecule has 1 aliphatic carbocycles. The highest BCUT2D eigenvalue weighted by Gasteiger charge is 2.22. The second-order valence-corrected chi connectivity index (χ2v) is 5.76. The summed E-state index contributed by atoms with van der Waals surface area (Å²) in [6.45, 7) is 6.05. The van der Waals surface area contributed by atoms with Crippen molar-refractivity contribution in [1.29, 1.82) is 0 Å². The van der Waals surface area contributed by atoms with Crippen molar-refractivity contribution in [2.24, 2.45) is 5.92 Å². The number of aryl methyl sites for hydroxylation is 1. The van der Waals surface area contributed by atoms with E-state index in [1.807, 2.05) is 20.8 Å². The molecule has 1 saturated carbocycles. The third kappa shape index (κ3) is 2.83. The normalized spacial score (nSPS) is 14.2. The van der Waals surface area contributed by atoms with Gasteiger partial charge in [0.05, 0.1) is 16.8 Å². The van der Waals surface area contributed by atoms with Crippen LogP contribution < -0.4 is 4.74 Å². The van der Waals surface area contributed by atoms with Gasteiger partial charge in [0.25, 0.3) is 0 Å². The summed E-state index contributed by atoms with van der Waals surface area (Å²) in [6, 6.07) is 4.43. The van der Waals surface area contributed by atoms with Crippen molar-refractivity contribution in [3.63, 3.8) is 0 Å². The quantitative estimate of drug-likeness (QED) is 0.808. The minimum atomic E-state index is 0.913. The van der Waals surface area contributed by atoms with Gasteiger partial charge >= 0.3 is 0 Å². The van der Waals surface area contributed by atoms with E-state index in [2.05, 4.69) is 17.1 Å². The van der Waals surface area contributed by atoms with Gasteiger partial charge < -0.3 is 4.74 Å². The lowest BCUT2D eigenvalue weighted by atomic mass is 10.1. The second kappa shape index (κ2) is 5.70. The molecule has 0 atom stereocenters. The summed E-state index contributed by atoms with van der Waals surface area (Å²) in [4.78, 5) is 4.51. The van der Waals surface area contributed by atoms with Crippen LogP contribution in [0.5, 0.6) is 5.75 Å². The maximum Gasteiger partial charge on any atom is 0.146 e. The molecule has 0 aliphatic heterocycles. The topological polar surface area (TPSA) is 22.1 Å². The zero-order chi connectivity index (χ0) is 13.1. The van der Waals surface area contributed by atoms with E-state index in [9.17, 15) is 0 Å². The lowest BCUT2D eigenvalue weighted by Gasteiger charge is -2.04. The van der Waals surface area contributed by atoms with E-state index in [1.165, 1.54) is 29.5 Å². The van der Waals surface area contributed by atoms with Crippen molar-refractivity contribution in [3.8, 4) is 5.75 Å². The number of nitrogens with zero attached hydrogens (tertiary/aromatic N) is 1. The Morgan fingerprint density at radius 2 is 2.06 bits per heavy atom. The van der Waals surface area contributed by atoms with Crippen LogP contribution in [0.4, 0.5) is 0 Å². The van der Waals surface area contributed by atoms with Crippen LogP contribution in [0.3, 0.4) is 0 Å². The Morgan fingerprint density at radius 3 is 2.67 bits per heavy atom. The fraction of sp³-hybridized carbons (Fsp3) is 0.533. The molecule has 0 saturated heterocycles. The first-order valence-electron chi connectivity index (χ1n) is 6.70. The lowest BCUT2D eigenvalue weighted by Crippen LogP contribution is -1.90. The summed E-state index contributed by atoms with van der Waals surface area (Å²) in [5, 5.41) is 1.11. The van der Waals surface area contributed by atoms with Crippen molar-refractivity contribution >= 4 is 21.6 Å². The van der Waals surface area contributed by atoms with E-state index >= 15 is 0 Å². The van der Waals surface area contributed by atoms with Crippen LogP contribution in [-0.4, -0.2) is 12.1 Å². The van der Waals surface area contributed by atoms with Crippen LogP contribution >= 0.6 is 11.3 Å². The fourth-order valence-corrected chi connectivity index (χ4v) is 3.00. The maximum atomic E-state index is 5.43. The van der Waals surface area contributed by atoms with Crippen molar-refractivity contribution in [3.05, 3.63) is 22.7 Å². The van der Waals surface area contributed by atoms with Gasteiger partial charge in [0, 0.05) is 0 Å². The van der Waals surface area contributed by atoms with Gasteiger partial charge in [-0.2, -0.15) is 0 Å². The summed E-state index contributed by atoms with van der Waals surface area (Å²) in [5.41, 5.74) is 2.42. The standard InChI is InChI=1S/C13H15NOS.C2H6/c1-8-14-13-11(15-2)6-10(5-9-3-4-9)7-12(13)16-8;1-2/h6-7,9H,3-5H2,1-2H3;1-2H3. The van der Waals surface area contributed by atoms with Crippen LogP contribution in [0.2, 0.25) is 0 Å². The number of hydrogen-bond donors (Lipinski definition) is 0. The molecular formula is C15H21NOS. The number of ether oxygens (including phenoxy) is 1. The van der Waals surface area contributed by atoms with Gasteiger partial charge in [-0.05, 0) is 49.8 Å². The Labute approximate surface area is 113 Å². The highest BCUT2D eigenvalue weighted by molar-refractivity contribution is 7.18. The Bertz CT molecular complexity index is 529. The number of aromatic nitrogens is 1. The minimum absolute atomic E-state index is 0.913. The molecule has 0 amide bonds. The summed E-state index contributed by atoms with van der Waals surface area (Å²) in [5.74, 6) is 1.84. The van der Waals surface area contributed by atoms with Crippen LogP contribution in [0.1, 0.15) is 37.3 Å². The molecule has 2 nitrogen and oxygen atoms in total. The van der Waals surface area contributed by atoms with Gasteiger partial charge in [-0.3, -0.25) is 0 Å². The Balaban J connectivity index is 0.000000574. The molecule has 0 radical (unpaired) electrons. The molecule has 1 aromatic heterocycles. The molecular weight excluding hydrogens is 242 g/mol. The molecule has 18 heavy (non-hydrogen) atoms. The average molecular weight is 263 g/mol. The van der Waals surface area contributed by atoms with Crippen LogP contribution in [-0.2, 0) is 6.42 Å². The minimum Gasteiger partial charge on any atom is -0.494 e. The largest absolute Gasteiger partial charge is 0.494 e. The van der Waals surface area contributed by atoms with Gasteiger partial charge in [-0.1, -0.05) is 13.8 Å². The van der Waals surface area contributed by atoms with Crippen molar-refractivity contribution in [2.75, 3.05) is 7.11 Å². The Kier molecular flexibility index (Phi) is 4.23. The Morgan fingerprint density at radius 1 is 1.33 bits per heavy atom. The van der Waals surface area contributed by atoms with Crippen LogP contribution in [0.25, 0.3) is 10.2 Å². The fourth-order valence-electron chi connectivity index (χ4n) is 2.09. The number of thiazole rings is 1. The molecule has 2 aromatic rings. The third-order valence-corrected chi connectivity index (χ3v) is 3.99. The number of benzene rings is 1. The van der Waals surface area contributed by atoms with Crippen molar-refractivity contribution < 1.29 is 4.74 Å². The van der Waals surface area contributed by atoms with E-state index in [0.717, 1.165) is 22.2 Å². The molecule has 3 rings (SSSR count). The molecule has 0 bridgehead atoms. The maximum absolute atomic E-state index is 5.43. The molecule has 0 unspecified atom stereocenters. The number of rotatable bonds is 3. The van der Waals surface area contributed by atoms with E-state index in [0.29, 0.717) is 0 Å². The third-order valence-electron chi connectivity index (χ3n) is 3.07. The molecule has 1 fully saturated rings. The van der Waals surface area contributed by atoms with E-state index in [4.69, 9.17) is 4.74 Å². The summed E-state index contributed by atoms with van der Waals surface area (Å²) in [7, 11) is 1.73. The summed E-state index contributed by atoms with van der Waals surface area (Å²) >= 11 is 1.75. The number of hydrogen-bond acceptors (Lipinski definition) is 3. The molecule has 0 N–H and O–H groups in total. The zero-order valence-electron chi connectivity index (χ0n) is 11.6. The first-order valence-corrected chi connectivity index (χ1v) is 7.52. The van der Waals surface area contributed by atoms with Crippen LogP contribution in [0.15, 0.2) is 12.1 Å². The SMILES string of the molecule is CC.COc1cc(CC2CC2)cc2sc(C)nc12. The average Bonchev–Trinajstić information content (AvgIpc) is 3.10. The lowest BCUT2D eigenvalue weighted by molar-refractivity contribution is 0.418. The summed E-state index contributed by atoms with van der Waals surface area (Å²) < 4.78 is 6.68. The molecule has 1 aromatic carbocycles. The monoisotopic (exact) mass is 263 g/mol. The second-order valence-electron chi connectivity index (χ2n) is 4.53. The zero-order valence-corrected chi connectivity index (χ0v) is 12.4. The first-order chi connectivity index (χ1) is 8.76. The van der Waals surface area contributed by atoms with Gasteiger partial charge in [0.2, 0.25) is 0 Å². The highest BCUT2D eigenvalue weighted by atomic mass is 32.1. The van der Waals surface area contributed by atoms with E-state index in [-0.39, 0.29) is 0 Å². The molecule has 1 heterocycles. The van der Waals surface area contributed by atoms with Crippen molar-refractivity contribution in [1.82, 2.24) is 4.98 Å². The van der Waals surface area contributed by atoms with Crippen LogP contribution in [0, 0.1) is 12.8 Å². The van der Waals surface area contributed by atoms with Gasteiger partial charge in [0.1, 0.15) is 11.3 Å². The van der Waals surface area contributed by atoms with Gasteiger partial charge in [-0.25, -0.2) is 4.98 Å². The molecule has 3 heteroatoms. The Hall–Kier alpha value is -1.09. The highest BCUT2D eigenvalue weighted by Crippen LogP contribution is 2.36. The van der Waals surface area contributed by atoms with Gasteiger partial charge in [-0.15, -0.1) is 11.3 Å². The molecule has 0 spiro atoms. The number of methoxy groups -OCH3 is 1. The first kappa shape index (κ1) is 13.3. The van der Waals surface area contributed by atoms with Gasteiger partial charge in [0.15, 0.2) is 0 Å². The number of fused-ring (bicyclic) bond motifs is 1. The summed E-state index contributed by atoms with van der Waals surface area (Å²) in [6.07, 6.45) is 3.98. The van der Waals surface area contributed by atoms with Crippen molar-refractivity contribution in [2.45, 2.75) is 40.0 Å². The van der Waals surface area contributed by atoms with E-state index in [1.54, 1.807) is 18.4 Å². The molecule has 1 aliphatic rings. The predicted molar refractivity (Wildman–Crippen MR) is 78.7 cm³/mol. The smallest absolute Gasteiger partial charge is 0.146 e. The molecule has 98 valence electrons.